The van der Waals surface area contributed by atoms with Crippen LogP contribution in [0, 0.1) is 0 Å². The van der Waals surface area contributed by atoms with Gasteiger partial charge >= 0.3 is 0 Å². The van der Waals surface area contributed by atoms with Crippen LogP contribution in [0.25, 0.3) is 92.2 Å². The molecule has 4 aromatic heterocycles. The minimum Gasteiger partial charge on any atom is -0.456 e. The zero-order chi connectivity index (χ0) is 36.0. The fourth-order valence-corrected chi connectivity index (χ4v) is 9.44. The third-order valence-electron chi connectivity index (χ3n) is 10.8. The summed E-state index contributed by atoms with van der Waals surface area (Å²) in [6, 6.07) is 62.1. The van der Waals surface area contributed by atoms with Crippen molar-refractivity contribution in [1.29, 1.82) is 0 Å². The number of oxazole rings is 1. The maximum Gasteiger partial charge on any atom is 0.227 e. The molecule has 4 heterocycles. The Balaban J connectivity index is 1.10. The van der Waals surface area contributed by atoms with Crippen LogP contribution in [0.1, 0.15) is 0 Å². The van der Waals surface area contributed by atoms with Gasteiger partial charge in [-0.05, 0) is 84.9 Å². The lowest BCUT2D eigenvalue weighted by Gasteiger charge is -2.26. The van der Waals surface area contributed by atoms with E-state index < -0.39 is 0 Å². The quantitative estimate of drug-likeness (QED) is 0.177. The molecule has 12 aromatic rings. The number of furan rings is 1. The average Bonchev–Trinajstić information content (AvgIpc) is 4.01. The summed E-state index contributed by atoms with van der Waals surface area (Å²) in [4.78, 5) is 7.24. The molecule has 12 rings (SSSR count). The predicted molar refractivity (Wildman–Crippen MR) is 229 cm³/mol. The molecular weight excluding hydrogens is 695 g/mol. The van der Waals surface area contributed by atoms with Gasteiger partial charge < -0.3 is 18.3 Å². The molecule has 8 aromatic carbocycles. The molecule has 0 unspecified atom stereocenters. The number of rotatable bonds is 5. The van der Waals surface area contributed by atoms with Crippen molar-refractivity contribution in [2.75, 3.05) is 4.90 Å². The molecular formula is C49H29N3O2S. The van der Waals surface area contributed by atoms with E-state index in [1.165, 1.54) is 30.9 Å². The van der Waals surface area contributed by atoms with Crippen LogP contribution >= 0.6 is 11.3 Å². The second-order valence-corrected chi connectivity index (χ2v) is 15.0. The molecule has 0 bridgehead atoms. The highest BCUT2D eigenvalue weighted by molar-refractivity contribution is 7.25. The van der Waals surface area contributed by atoms with Gasteiger partial charge in [-0.25, -0.2) is 4.98 Å². The highest BCUT2D eigenvalue weighted by Gasteiger charge is 2.23. The molecule has 5 nitrogen and oxygen atoms in total. The SMILES string of the molecule is c1ccc(-c2nc3cc4c(cc3o2)oc2cc(N(c3ccc5sc6ccccc6c5c3)c3cccc5c3c3ccccc3n5-c3ccccc3)ccc24)cc1. The van der Waals surface area contributed by atoms with Gasteiger partial charge in [-0.2, -0.15) is 0 Å². The first kappa shape index (κ1) is 30.3. The lowest BCUT2D eigenvalue weighted by molar-refractivity contribution is 0.617. The third kappa shape index (κ3) is 4.62. The highest BCUT2D eigenvalue weighted by Crippen LogP contribution is 2.47. The molecule has 0 atom stereocenters. The standard InChI is InChI=1S/C49H29N3O2S/c1-3-12-30(13-4-1)49-50-39-28-37-34-24-22-33(27-43(34)53-44(37)29-45(39)54-49)51(32-23-25-47-38(26-32)35-16-8-10-21-46(35)55-47)41-19-11-20-42-48(41)36-17-7-9-18-40(36)52(42)31-14-5-2-6-15-31/h1-29H. The molecule has 6 heteroatoms. The Morgan fingerprint density at radius 1 is 0.473 bits per heavy atom. The zero-order valence-corrected chi connectivity index (χ0v) is 30.1. The number of aromatic nitrogens is 2. The number of benzene rings is 8. The monoisotopic (exact) mass is 723 g/mol. The number of anilines is 3. The number of para-hydroxylation sites is 2. The molecule has 0 N–H and O–H groups in total. The number of thiophene rings is 1. The van der Waals surface area contributed by atoms with Crippen LogP contribution in [0.2, 0.25) is 0 Å². The largest absolute Gasteiger partial charge is 0.456 e. The van der Waals surface area contributed by atoms with Crippen LogP contribution < -0.4 is 4.90 Å². The Morgan fingerprint density at radius 3 is 2.07 bits per heavy atom. The van der Waals surface area contributed by atoms with Crippen molar-refractivity contribution in [2.45, 2.75) is 0 Å². The van der Waals surface area contributed by atoms with Gasteiger partial charge in [0.15, 0.2) is 5.58 Å². The zero-order valence-electron chi connectivity index (χ0n) is 29.3. The molecule has 0 aliphatic heterocycles. The first-order valence-corrected chi connectivity index (χ1v) is 19.2. The van der Waals surface area contributed by atoms with E-state index in [9.17, 15) is 0 Å². The number of hydrogen-bond donors (Lipinski definition) is 0. The van der Waals surface area contributed by atoms with E-state index in [0.29, 0.717) is 11.5 Å². The van der Waals surface area contributed by atoms with E-state index in [2.05, 4.69) is 149 Å². The Morgan fingerprint density at radius 2 is 1.18 bits per heavy atom. The first-order chi connectivity index (χ1) is 27.2. The van der Waals surface area contributed by atoms with Crippen molar-refractivity contribution in [1.82, 2.24) is 9.55 Å². The molecule has 0 saturated heterocycles. The molecule has 0 aliphatic rings. The van der Waals surface area contributed by atoms with E-state index in [-0.39, 0.29) is 0 Å². The van der Waals surface area contributed by atoms with Crippen molar-refractivity contribution < 1.29 is 8.83 Å². The Bertz CT molecular complexity index is 3450. The Hall–Kier alpha value is -7.15. The number of fused-ring (bicyclic) bond motifs is 10. The van der Waals surface area contributed by atoms with Gasteiger partial charge in [-0.15, -0.1) is 11.3 Å². The van der Waals surface area contributed by atoms with Gasteiger partial charge in [0, 0.05) is 76.5 Å². The summed E-state index contributed by atoms with van der Waals surface area (Å²) in [6.45, 7) is 0. The normalized spacial score (nSPS) is 12.0. The highest BCUT2D eigenvalue weighted by atomic mass is 32.1. The van der Waals surface area contributed by atoms with E-state index >= 15 is 0 Å². The molecule has 0 saturated carbocycles. The van der Waals surface area contributed by atoms with E-state index in [1.807, 2.05) is 47.7 Å². The Kier molecular flexibility index (Phi) is 6.44. The summed E-state index contributed by atoms with van der Waals surface area (Å²) in [5.41, 5.74) is 10.6. The van der Waals surface area contributed by atoms with Crippen LogP contribution in [-0.2, 0) is 0 Å². The minimum absolute atomic E-state index is 0.601. The predicted octanol–water partition coefficient (Wildman–Crippen LogP) is 14.3. The van der Waals surface area contributed by atoms with E-state index in [4.69, 9.17) is 13.8 Å². The Labute approximate surface area is 318 Å². The molecule has 258 valence electrons. The van der Waals surface area contributed by atoms with Crippen LogP contribution in [0.4, 0.5) is 17.1 Å². The maximum atomic E-state index is 6.66. The maximum absolute atomic E-state index is 6.66. The van der Waals surface area contributed by atoms with Crippen molar-refractivity contribution >= 4 is 103 Å². The van der Waals surface area contributed by atoms with Gasteiger partial charge in [-0.3, -0.25) is 0 Å². The molecule has 0 aliphatic carbocycles. The third-order valence-corrected chi connectivity index (χ3v) is 11.9. The minimum atomic E-state index is 0.601. The molecule has 0 amide bonds. The summed E-state index contributed by atoms with van der Waals surface area (Å²) < 4.78 is 17.8. The number of nitrogens with zero attached hydrogens (tertiary/aromatic N) is 3. The van der Waals surface area contributed by atoms with Gasteiger partial charge in [0.1, 0.15) is 16.7 Å². The first-order valence-electron chi connectivity index (χ1n) is 18.4. The molecule has 55 heavy (non-hydrogen) atoms. The number of hydrogen-bond acceptors (Lipinski definition) is 5. The van der Waals surface area contributed by atoms with Gasteiger partial charge in [0.05, 0.1) is 16.7 Å². The lowest BCUT2D eigenvalue weighted by atomic mass is 10.1. The van der Waals surface area contributed by atoms with Gasteiger partial charge in [0.2, 0.25) is 5.89 Å². The van der Waals surface area contributed by atoms with Crippen LogP contribution in [0.5, 0.6) is 0 Å². The van der Waals surface area contributed by atoms with Crippen molar-refractivity contribution in [3.63, 3.8) is 0 Å². The van der Waals surface area contributed by atoms with Crippen molar-refractivity contribution in [3.05, 3.63) is 176 Å². The topological polar surface area (TPSA) is 47.3 Å². The van der Waals surface area contributed by atoms with Crippen LogP contribution in [-0.4, -0.2) is 9.55 Å². The summed E-state index contributed by atoms with van der Waals surface area (Å²) in [5.74, 6) is 0.601. The summed E-state index contributed by atoms with van der Waals surface area (Å²) in [6.07, 6.45) is 0. The lowest BCUT2D eigenvalue weighted by Crippen LogP contribution is -2.10. The second-order valence-electron chi connectivity index (χ2n) is 14.0. The fraction of sp³-hybridized carbons (Fsp3) is 0. The van der Waals surface area contributed by atoms with E-state index in [1.54, 1.807) is 0 Å². The van der Waals surface area contributed by atoms with Crippen LogP contribution in [0.15, 0.2) is 185 Å². The fourth-order valence-electron chi connectivity index (χ4n) is 8.35. The molecule has 0 spiro atoms. The summed E-state index contributed by atoms with van der Waals surface area (Å²) >= 11 is 1.83. The molecule has 0 radical (unpaired) electrons. The second kappa shape index (κ2) is 11.7. The van der Waals surface area contributed by atoms with Crippen LogP contribution in [0.3, 0.4) is 0 Å². The van der Waals surface area contributed by atoms with E-state index in [0.717, 1.165) is 66.8 Å². The summed E-state index contributed by atoms with van der Waals surface area (Å²) in [7, 11) is 0. The van der Waals surface area contributed by atoms with Gasteiger partial charge in [-0.1, -0.05) is 78.9 Å². The summed E-state index contributed by atoms with van der Waals surface area (Å²) in [5, 5.41) is 6.93. The molecule has 0 fully saturated rings. The van der Waals surface area contributed by atoms with Crippen molar-refractivity contribution in [3.8, 4) is 17.1 Å². The smallest absolute Gasteiger partial charge is 0.227 e. The van der Waals surface area contributed by atoms with Crippen molar-refractivity contribution in [2.24, 2.45) is 0 Å². The van der Waals surface area contributed by atoms with Gasteiger partial charge in [0.25, 0.3) is 0 Å². The average molecular weight is 724 g/mol.